The van der Waals surface area contributed by atoms with Crippen molar-refractivity contribution in [2.45, 2.75) is 13.5 Å². The number of nitrogens with zero attached hydrogens (tertiary/aromatic N) is 1. The smallest absolute Gasteiger partial charge is 0.251 e. The van der Waals surface area contributed by atoms with Crippen molar-refractivity contribution in [3.8, 4) is 11.3 Å². The monoisotopic (exact) mass is 325 g/mol. The lowest BCUT2D eigenvalue weighted by Crippen LogP contribution is -2.13. The van der Waals surface area contributed by atoms with Gasteiger partial charge in [-0.1, -0.05) is 35.0 Å². The number of rotatable bonds is 5. The molecular weight excluding hydrogens is 309 g/mol. The molecule has 3 N–H and O–H groups in total. The summed E-state index contributed by atoms with van der Waals surface area (Å²) >= 11 is 0. The molecule has 24 heavy (non-hydrogen) atoms. The minimum Gasteiger partial charge on any atom is -0.378 e. The number of hydrogen-bond donors (Lipinski definition) is 2. The zero-order chi connectivity index (χ0) is 17.1. The number of aryl methyl sites for hydroxylation is 1. The Hall–Kier alpha value is -3.15. The molecule has 6 heteroatoms. The van der Waals surface area contributed by atoms with Gasteiger partial charge in [-0.3, -0.25) is 4.79 Å². The van der Waals surface area contributed by atoms with E-state index in [1.807, 2.05) is 37.3 Å². The number of carbonyl (C=O) groups is 1. The molecular formula is C18H16FN3O2. The highest BCUT2D eigenvalue weighted by molar-refractivity contribution is 5.94. The van der Waals surface area contributed by atoms with Crippen LogP contribution in [0.25, 0.3) is 11.3 Å². The molecule has 1 heterocycles. The number of aromatic nitrogens is 1. The van der Waals surface area contributed by atoms with Crippen molar-refractivity contribution < 1.29 is 13.7 Å². The molecule has 0 atom stereocenters. The topological polar surface area (TPSA) is 81.1 Å². The average Bonchev–Trinajstić information content (AvgIpc) is 3.03. The van der Waals surface area contributed by atoms with Crippen molar-refractivity contribution >= 4 is 11.6 Å². The van der Waals surface area contributed by atoms with E-state index in [0.717, 1.165) is 11.3 Å². The molecule has 2 aromatic carbocycles. The third-order valence-electron chi connectivity index (χ3n) is 3.60. The normalized spacial score (nSPS) is 10.6. The summed E-state index contributed by atoms with van der Waals surface area (Å²) in [6.07, 6.45) is 0. The maximum absolute atomic E-state index is 13.4. The molecule has 0 aliphatic rings. The lowest BCUT2D eigenvalue weighted by Gasteiger charge is -2.06. The number of anilines is 1. The van der Waals surface area contributed by atoms with Gasteiger partial charge in [0.25, 0.3) is 5.91 Å². The van der Waals surface area contributed by atoms with Crippen LogP contribution in [0.1, 0.15) is 21.7 Å². The Labute approximate surface area is 138 Å². The fraction of sp³-hybridized carbons (Fsp3) is 0.111. The van der Waals surface area contributed by atoms with Gasteiger partial charge in [-0.2, -0.15) is 0 Å². The summed E-state index contributed by atoms with van der Waals surface area (Å²) in [6, 6.07) is 13.9. The van der Waals surface area contributed by atoms with Crippen molar-refractivity contribution in [1.82, 2.24) is 5.16 Å². The van der Waals surface area contributed by atoms with Gasteiger partial charge >= 0.3 is 0 Å². The first-order valence-corrected chi connectivity index (χ1v) is 7.39. The van der Waals surface area contributed by atoms with E-state index < -0.39 is 11.7 Å². The number of primary amides is 1. The van der Waals surface area contributed by atoms with Gasteiger partial charge in [0, 0.05) is 17.3 Å². The Morgan fingerprint density at radius 1 is 1.21 bits per heavy atom. The molecule has 0 radical (unpaired) electrons. The van der Waals surface area contributed by atoms with Gasteiger partial charge in [-0.05, 0) is 25.1 Å². The van der Waals surface area contributed by atoms with E-state index >= 15 is 0 Å². The minimum atomic E-state index is -0.808. The SMILES string of the molecule is Cc1ccc(-c2cc(CNc3ccc(F)c(C(N)=O)c3)on2)cc1. The number of nitrogens with one attached hydrogen (secondary N) is 1. The van der Waals surface area contributed by atoms with Crippen molar-refractivity contribution in [3.63, 3.8) is 0 Å². The average molecular weight is 325 g/mol. The van der Waals surface area contributed by atoms with Crippen LogP contribution in [0.5, 0.6) is 0 Å². The van der Waals surface area contributed by atoms with Crippen LogP contribution in [0, 0.1) is 12.7 Å². The van der Waals surface area contributed by atoms with Crippen LogP contribution in [-0.2, 0) is 6.54 Å². The highest BCUT2D eigenvalue weighted by atomic mass is 19.1. The van der Waals surface area contributed by atoms with Gasteiger partial charge in [0.2, 0.25) is 0 Å². The zero-order valence-electron chi connectivity index (χ0n) is 13.0. The number of nitrogens with two attached hydrogens (primary N) is 1. The van der Waals surface area contributed by atoms with Gasteiger partial charge in [0.1, 0.15) is 11.5 Å². The molecule has 5 nitrogen and oxygen atoms in total. The summed E-state index contributed by atoms with van der Waals surface area (Å²) in [6.45, 7) is 2.37. The molecule has 0 saturated heterocycles. The Kier molecular flexibility index (Phi) is 4.29. The first-order valence-electron chi connectivity index (χ1n) is 7.39. The fourth-order valence-electron chi connectivity index (χ4n) is 2.27. The summed E-state index contributed by atoms with van der Waals surface area (Å²) in [5, 5.41) is 7.09. The number of hydrogen-bond acceptors (Lipinski definition) is 4. The maximum atomic E-state index is 13.4. The second-order valence-corrected chi connectivity index (χ2v) is 5.46. The quantitative estimate of drug-likeness (QED) is 0.752. The fourth-order valence-corrected chi connectivity index (χ4v) is 2.27. The summed E-state index contributed by atoms with van der Waals surface area (Å²) in [4.78, 5) is 11.2. The van der Waals surface area contributed by atoms with Crippen LogP contribution in [0.2, 0.25) is 0 Å². The van der Waals surface area contributed by atoms with Gasteiger partial charge in [-0.25, -0.2) is 4.39 Å². The van der Waals surface area contributed by atoms with Gasteiger partial charge in [-0.15, -0.1) is 0 Å². The molecule has 3 aromatic rings. The Balaban J connectivity index is 1.71. The lowest BCUT2D eigenvalue weighted by atomic mass is 10.1. The molecule has 1 amide bonds. The zero-order valence-corrected chi connectivity index (χ0v) is 13.0. The summed E-state index contributed by atoms with van der Waals surface area (Å²) in [5.74, 6) is -0.831. The standard InChI is InChI=1S/C18H16FN3O2/c1-11-2-4-12(5-3-11)17-9-14(24-22-17)10-21-13-6-7-16(19)15(8-13)18(20)23/h2-9,21H,10H2,1H3,(H2,20,23). The van der Waals surface area contributed by atoms with E-state index in [-0.39, 0.29) is 5.56 Å². The largest absolute Gasteiger partial charge is 0.378 e. The van der Waals surface area contributed by atoms with Crippen molar-refractivity contribution in [2.24, 2.45) is 5.73 Å². The number of amides is 1. The molecule has 0 fully saturated rings. The molecule has 0 aliphatic carbocycles. The van der Waals surface area contributed by atoms with Crippen LogP contribution < -0.4 is 11.1 Å². The highest BCUT2D eigenvalue weighted by Crippen LogP contribution is 2.21. The first-order chi connectivity index (χ1) is 11.5. The van der Waals surface area contributed by atoms with Crippen LogP contribution >= 0.6 is 0 Å². The lowest BCUT2D eigenvalue weighted by molar-refractivity contribution is 0.0996. The molecule has 0 spiro atoms. The second-order valence-electron chi connectivity index (χ2n) is 5.46. The van der Waals surface area contributed by atoms with Gasteiger partial charge < -0.3 is 15.6 Å². The number of benzene rings is 2. The Morgan fingerprint density at radius 3 is 2.67 bits per heavy atom. The second kappa shape index (κ2) is 6.54. The Bertz CT molecular complexity index is 872. The van der Waals surface area contributed by atoms with Crippen LogP contribution in [0.3, 0.4) is 0 Å². The van der Waals surface area contributed by atoms with Crippen molar-refractivity contribution in [1.29, 1.82) is 0 Å². The number of carbonyl (C=O) groups excluding carboxylic acids is 1. The summed E-state index contributed by atoms with van der Waals surface area (Å²) in [5.41, 5.74) is 8.42. The van der Waals surface area contributed by atoms with Crippen LogP contribution in [0.4, 0.5) is 10.1 Å². The molecule has 0 bridgehead atoms. The Morgan fingerprint density at radius 2 is 1.96 bits per heavy atom. The molecule has 0 saturated carbocycles. The van der Waals surface area contributed by atoms with E-state index in [2.05, 4.69) is 10.5 Å². The molecule has 122 valence electrons. The predicted octanol–water partition coefficient (Wildman–Crippen LogP) is 3.50. The molecule has 3 rings (SSSR count). The first kappa shape index (κ1) is 15.7. The van der Waals surface area contributed by atoms with Crippen molar-refractivity contribution in [3.05, 3.63) is 71.2 Å². The van der Waals surface area contributed by atoms with Crippen LogP contribution in [0.15, 0.2) is 53.1 Å². The van der Waals surface area contributed by atoms with Crippen molar-refractivity contribution in [2.75, 3.05) is 5.32 Å². The van der Waals surface area contributed by atoms with Crippen LogP contribution in [-0.4, -0.2) is 11.1 Å². The highest BCUT2D eigenvalue weighted by Gasteiger charge is 2.10. The summed E-state index contributed by atoms with van der Waals surface area (Å²) < 4.78 is 18.7. The van der Waals surface area contributed by atoms with E-state index in [9.17, 15) is 9.18 Å². The number of halogens is 1. The molecule has 1 aromatic heterocycles. The minimum absolute atomic E-state index is 0.155. The molecule has 0 unspecified atom stereocenters. The van der Waals surface area contributed by atoms with Gasteiger partial charge in [0.15, 0.2) is 5.76 Å². The van der Waals surface area contributed by atoms with Gasteiger partial charge in [0.05, 0.1) is 12.1 Å². The summed E-state index contributed by atoms with van der Waals surface area (Å²) in [7, 11) is 0. The third-order valence-corrected chi connectivity index (χ3v) is 3.60. The molecule has 0 aliphatic heterocycles. The van der Waals surface area contributed by atoms with E-state index in [1.165, 1.54) is 23.8 Å². The van der Waals surface area contributed by atoms with E-state index in [0.29, 0.717) is 18.0 Å². The van der Waals surface area contributed by atoms with E-state index in [4.69, 9.17) is 10.3 Å². The predicted molar refractivity (Wildman–Crippen MR) is 88.9 cm³/mol. The maximum Gasteiger partial charge on any atom is 0.251 e. The van der Waals surface area contributed by atoms with E-state index in [1.54, 1.807) is 0 Å². The third kappa shape index (κ3) is 3.43.